The smallest absolute Gasteiger partial charge is 0.164 e. The maximum absolute atomic E-state index is 9.25. The molecule has 2 heterocycles. The number of hydrogen-bond donors (Lipinski definition) is 0. The van der Waals surface area contributed by atoms with Crippen molar-refractivity contribution in [3.8, 4) is 62.5 Å². The van der Waals surface area contributed by atoms with Crippen LogP contribution in [0.2, 0.25) is 0 Å². The summed E-state index contributed by atoms with van der Waals surface area (Å²) in [5.74, 6) is 3.44. The lowest BCUT2D eigenvalue weighted by Crippen LogP contribution is -2.55. The van der Waals surface area contributed by atoms with Crippen molar-refractivity contribution in [1.82, 2.24) is 15.0 Å². The van der Waals surface area contributed by atoms with Crippen LogP contribution in [0.4, 0.5) is 0 Å². The second-order valence-electron chi connectivity index (χ2n) is 17.9. The molecular formula is C56H42N4O. The molecule has 7 aromatic carbocycles. The van der Waals surface area contributed by atoms with Gasteiger partial charge in [-0.05, 0) is 131 Å². The first-order valence-corrected chi connectivity index (χ1v) is 21.6. The van der Waals surface area contributed by atoms with E-state index in [2.05, 4.69) is 103 Å². The molecule has 4 aliphatic carbocycles. The fourth-order valence-electron chi connectivity index (χ4n) is 11.7. The summed E-state index contributed by atoms with van der Waals surface area (Å²) in [4.78, 5) is 14.8. The molecule has 13 rings (SSSR count). The summed E-state index contributed by atoms with van der Waals surface area (Å²) in [7, 11) is 0. The highest BCUT2D eigenvalue weighted by Gasteiger charge is 2.58. The third kappa shape index (κ3) is 6.17. The molecule has 61 heavy (non-hydrogen) atoms. The zero-order chi connectivity index (χ0) is 40.5. The summed E-state index contributed by atoms with van der Waals surface area (Å²) < 4.78 is 6.61. The first kappa shape index (κ1) is 35.8. The lowest BCUT2D eigenvalue weighted by molar-refractivity contribution is -0.0281. The number of nitriles is 1. The van der Waals surface area contributed by atoms with Crippen LogP contribution in [0.1, 0.15) is 55.2 Å². The van der Waals surface area contributed by atoms with Gasteiger partial charge in [0.15, 0.2) is 17.5 Å². The zero-order valence-electron chi connectivity index (χ0n) is 33.8. The molecule has 2 aromatic heterocycles. The maximum Gasteiger partial charge on any atom is 0.164 e. The number of nitrogens with zero attached hydrogens (tertiary/aromatic N) is 4. The van der Waals surface area contributed by atoms with Gasteiger partial charge in [0.1, 0.15) is 11.2 Å². The van der Waals surface area contributed by atoms with Gasteiger partial charge in [0.05, 0.1) is 11.6 Å². The van der Waals surface area contributed by atoms with Crippen molar-refractivity contribution in [2.24, 2.45) is 11.8 Å². The van der Waals surface area contributed by atoms with Gasteiger partial charge in [-0.15, -0.1) is 0 Å². The highest BCUT2D eigenvalue weighted by molar-refractivity contribution is 6.06. The van der Waals surface area contributed by atoms with Crippen LogP contribution in [0, 0.1) is 23.2 Å². The van der Waals surface area contributed by atoms with Gasteiger partial charge >= 0.3 is 0 Å². The van der Waals surface area contributed by atoms with Crippen molar-refractivity contribution >= 4 is 21.9 Å². The Morgan fingerprint density at radius 1 is 0.443 bits per heavy atom. The molecule has 4 bridgehead atoms. The van der Waals surface area contributed by atoms with Crippen LogP contribution in [0.3, 0.4) is 0 Å². The quantitative estimate of drug-likeness (QED) is 0.161. The van der Waals surface area contributed by atoms with E-state index >= 15 is 0 Å². The molecule has 5 nitrogen and oxygen atoms in total. The zero-order valence-corrected chi connectivity index (χ0v) is 33.8. The second-order valence-corrected chi connectivity index (χ2v) is 17.9. The average molecular weight is 787 g/mol. The number of fused-ring (bicyclic) bond motifs is 3. The third-order valence-corrected chi connectivity index (χ3v) is 14.2. The van der Waals surface area contributed by atoms with E-state index in [-0.39, 0.29) is 10.8 Å². The van der Waals surface area contributed by atoms with Crippen LogP contribution in [-0.4, -0.2) is 15.0 Å². The first-order valence-electron chi connectivity index (χ1n) is 21.6. The van der Waals surface area contributed by atoms with Gasteiger partial charge in [0.25, 0.3) is 0 Å². The molecule has 0 aliphatic heterocycles. The predicted octanol–water partition coefficient (Wildman–Crippen LogP) is 13.8. The lowest BCUT2D eigenvalue weighted by Gasteiger charge is -2.63. The second kappa shape index (κ2) is 14.0. The van der Waals surface area contributed by atoms with Gasteiger partial charge in [-0.3, -0.25) is 0 Å². The van der Waals surface area contributed by atoms with E-state index in [1.807, 2.05) is 72.8 Å². The van der Waals surface area contributed by atoms with Gasteiger partial charge < -0.3 is 4.42 Å². The number of hydrogen-bond acceptors (Lipinski definition) is 5. The Bertz CT molecular complexity index is 3070. The summed E-state index contributed by atoms with van der Waals surface area (Å²) in [5.41, 5.74) is 13.3. The summed E-state index contributed by atoms with van der Waals surface area (Å²) in [5, 5.41) is 11.4. The minimum absolute atomic E-state index is 0.219. The Morgan fingerprint density at radius 2 is 0.852 bits per heavy atom. The van der Waals surface area contributed by atoms with Gasteiger partial charge in [0, 0.05) is 27.5 Å². The monoisotopic (exact) mass is 786 g/mol. The van der Waals surface area contributed by atoms with Crippen LogP contribution in [0.25, 0.3) is 78.4 Å². The van der Waals surface area contributed by atoms with Gasteiger partial charge in [-0.1, -0.05) is 133 Å². The molecule has 0 spiro atoms. The molecule has 4 fully saturated rings. The third-order valence-electron chi connectivity index (χ3n) is 14.2. The first-order chi connectivity index (χ1) is 30.0. The fourth-order valence-corrected chi connectivity index (χ4v) is 11.7. The molecular weight excluding hydrogens is 745 g/mol. The molecule has 0 saturated heterocycles. The Morgan fingerprint density at radius 3 is 1.34 bits per heavy atom. The van der Waals surface area contributed by atoms with E-state index in [1.165, 1.54) is 60.8 Å². The molecule has 4 aliphatic rings. The molecule has 9 aromatic rings. The summed E-state index contributed by atoms with van der Waals surface area (Å²) in [6, 6.07) is 62.1. The minimum atomic E-state index is 0.219. The van der Waals surface area contributed by atoms with Crippen molar-refractivity contribution in [3.05, 3.63) is 187 Å². The Kier molecular flexibility index (Phi) is 8.19. The molecule has 0 amide bonds. The Balaban J connectivity index is 0.832. The van der Waals surface area contributed by atoms with Crippen LogP contribution in [0.15, 0.2) is 174 Å². The average Bonchev–Trinajstić information content (AvgIpc) is 3.69. The largest absolute Gasteiger partial charge is 0.456 e. The number of benzene rings is 7. The minimum Gasteiger partial charge on any atom is -0.456 e. The van der Waals surface area contributed by atoms with Crippen molar-refractivity contribution in [2.45, 2.75) is 49.4 Å². The lowest BCUT2D eigenvalue weighted by atomic mass is 9.41. The molecule has 0 N–H and O–H groups in total. The standard InChI is InChI=1S/C56H42N4O/c57-34-36-11-13-39(14-12-36)40-15-21-46(22-16-40)55-30-37-27-38(31-55)33-56(32-37,35-55)47-23-17-41(18-24-47)44-19-25-48-49-26-20-45(29-51(49)61-50(48)28-44)54-59-52(42-7-3-1-4-8-42)58-53(60-54)43-9-5-2-6-10-43/h1-26,28-29,37-38H,27,30-33,35H2. The van der Waals surface area contributed by atoms with Crippen LogP contribution < -0.4 is 0 Å². The SMILES string of the molecule is N#Cc1ccc(-c2ccc(C34CC5CC(C3)CC(c3ccc(-c6ccc7c(c6)oc6cc(-c8nc(-c9ccccc9)nc(-c9ccccc9)n8)ccc67)cc3)(C5)C4)cc2)cc1. The van der Waals surface area contributed by atoms with Gasteiger partial charge in [0.2, 0.25) is 0 Å². The van der Waals surface area contributed by atoms with E-state index in [0.29, 0.717) is 23.0 Å². The van der Waals surface area contributed by atoms with E-state index in [1.54, 1.807) is 0 Å². The number of furan rings is 1. The molecule has 2 unspecified atom stereocenters. The highest BCUT2D eigenvalue weighted by Crippen LogP contribution is 2.66. The van der Waals surface area contributed by atoms with Crippen molar-refractivity contribution in [1.29, 1.82) is 5.26 Å². The molecule has 0 radical (unpaired) electrons. The van der Waals surface area contributed by atoms with E-state index in [4.69, 9.17) is 19.4 Å². The summed E-state index contributed by atoms with van der Waals surface area (Å²) in [6.45, 7) is 0. The maximum atomic E-state index is 9.25. The Labute approximate surface area is 355 Å². The molecule has 5 heteroatoms. The fraction of sp³-hybridized carbons (Fsp3) is 0.179. The number of aromatic nitrogens is 3. The predicted molar refractivity (Wildman–Crippen MR) is 243 cm³/mol. The van der Waals surface area contributed by atoms with E-state index < -0.39 is 0 Å². The van der Waals surface area contributed by atoms with Crippen LogP contribution >= 0.6 is 0 Å². The molecule has 292 valence electrons. The van der Waals surface area contributed by atoms with Crippen LogP contribution in [0.5, 0.6) is 0 Å². The highest BCUT2D eigenvalue weighted by atomic mass is 16.3. The van der Waals surface area contributed by atoms with Crippen molar-refractivity contribution < 1.29 is 4.42 Å². The normalized spacial score (nSPS) is 21.5. The van der Waals surface area contributed by atoms with E-state index in [9.17, 15) is 5.26 Å². The Hall–Kier alpha value is -7.16. The van der Waals surface area contributed by atoms with Crippen molar-refractivity contribution in [2.75, 3.05) is 0 Å². The van der Waals surface area contributed by atoms with Crippen molar-refractivity contribution in [3.63, 3.8) is 0 Å². The topological polar surface area (TPSA) is 75.6 Å². The van der Waals surface area contributed by atoms with E-state index in [0.717, 1.165) is 61.6 Å². The van der Waals surface area contributed by atoms with Gasteiger partial charge in [-0.2, -0.15) is 5.26 Å². The molecule has 2 atom stereocenters. The van der Waals surface area contributed by atoms with Gasteiger partial charge in [-0.25, -0.2) is 15.0 Å². The summed E-state index contributed by atoms with van der Waals surface area (Å²) >= 11 is 0. The van der Waals surface area contributed by atoms with Crippen LogP contribution in [-0.2, 0) is 10.8 Å². The summed E-state index contributed by atoms with van der Waals surface area (Å²) in [6.07, 6.45) is 7.80. The molecule has 4 saturated carbocycles. The number of rotatable bonds is 7.